The van der Waals surface area contributed by atoms with Crippen LogP contribution >= 0.6 is 0 Å². The van der Waals surface area contributed by atoms with E-state index in [1.165, 1.54) is 6.07 Å². The van der Waals surface area contributed by atoms with Gasteiger partial charge < -0.3 is 19.9 Å². The maximum atomic E-state index is 12.7. The first-order valence-corrected chi connectivity index (χ1v) is 9.39. The van der Waals surface area contributed by atoms with Gasteiger partial charge in [-0.2, -0.15) is 0 Å². The van der Waals surface area contributed by atoms with E-state index in [0.717, 1.165) is 11.0 Å². The van der Waals surface area contributed by atoms with Crippen LogP contribution in [-0.4, -0.2) is 47.1 Å². The van der Waals surface area contributed by atoms with E-state index in [2.05, 4.69) is 15.3 Å². The molecule has 0 unspecified atom stereocenters. The van der Waals surface area contributed by atoms with Crippen molar-refractivity contribution in [3.05, 3.63) is 64.0 Å². The number of aromatic amines is 1. The van der Waals surface area contributed by atoms with Gasteiger partial charge in [-0.1, -0.05) is 12.1 Å². The summed E-state index contributed by atoms with van der Waals surface area (Å²) in [5, 5.41) is 14.4. The zero-order chi connectivity index (χ0) is 20.4. The summed E-state index contributed by atoms with van der Waals surface area (Å²) in [7, 11) is 0. The van der Waals surface area contributed by atoms with Crippen LogP contribution in [0.25, 0.3) is 11.0 Å². The molecule has 1 atom stereocenters. The molecular formula is C20H21N5O4. The minimum Gasteiger partial charge on any atom is -0.378 e. The summed E-state index contributed by atoms with van der Waals surface area (Å²) in [5.74, 6) is 0.230. The molecule has 0 spiro atoms. The number of nitrogens with zero attached hydrogens (tertiary/aromatic N) is 3. The number of ether oxygens (including phenoxy) is 1. The highest BCUT2D eigenvalue weighted by Gasteiger charge is 2.24. The Kier molecular flexibility index (Phi) is 5.13. The molecule has 1 saturated heterocycles. The molecule has 0 radical (unpaired) electrons. The largest absolute Gasteiger partial charge is 0.378 e. The van der Waals surface area contributed by atoms with Gasteiger partial charge in [0.2, 0.25) is 0 Å². The van der Waals surface area contributed by atoms with Crippen molar-refractivity contribution in [1.82, 2.24) is 15.3 Å². The number of nitrogens with one attached hydrogen (secondary N) is 2. The third-order valence-electron chi connectivity index (χ3n) is 4.95. The second kappa shape index (κ2) is 7.88. The Bertz CT molecular complexity index is 1020. The summed E-state index contributed by atoms with van der Waals surface area (Å²) in [6.45, 7) is 4.01. The van der Waals surface area contributed by atoms with Gasteiger partial charge in [-0.3, -0.25) is 14.9 Å². The van der Waals surface area contributed by atoms with Crippen molar-refractivity contribution in [1.29, 1.82) is 0 Å². The lowest BCUT2D eigenvalue weighted by atomic mass is 10.1. The monoisotopic (exact) mass is 395 g/mol. The molecular weight excluding hydrogens is 374 g/mol. The molecule has 0 bridgehead atoms. The van der Waals surface area contributed by atoms with Crippen molar-refractivity contribution in [3.63, 3.8) is 0 Å². The minimum atomic E-state index is -0.454. The summed E-state index contributed by atoms with van der Waals surface area (Å²) in [4.78, 5) is 33.4. The molecule has 9 heteroatoms. The zero-order valence-corrected chi connectivity index (χ0v) is 15.9. The smallest absolute Gasteiger partial charge is 0.293 e. The molecule has 4 rings (SSSR count). The van der Waals surface area contributed by atoms with E-state index < -0.39 is 10.8 Å². The van der Waals surface area contributed by atoms with Crippen LogP contribution in [0.15, 0.2) is 42.5 Å². The third-order valence-corrected chi connectivity index (χ3v) is 4.95. The number of rotatable bonds is 5. The van der Waals surface area contributed by atoms with Gasteiger partial charge in [-0.05, 0) is 31.2 Å². The number of amides is 1. The SMILES string of the molecule is C[C@H](NC(=O)c1ccc(N2CCOCC2)c([N+](=O)[O-])c1)c1nc2ccccc2[nH]1. The highest BCUT2D eigenvalue weighted by Crippen LogP contribution is 2.30. The van der Waals surface area contributed by atoms with Crippen LogP contribution in [0.2, 0.25) is 0 Å². The number of aromatic nitrogens is 2. The fourth-order valence-corrected chi connectivity index (χ4v) is 3.41. The number of para-hydroxylation sites is 2. The van der Waals surface area contributed by atoms with Gasteiger partial charge in [0.1, 0.15) is 11.5 Å². The van der Waals surface area contributed by atoms with Crippen molar-refractivity contribution in [2.24, 2.45) is 0 Å². The second-order valence-corrected chi connectivity index (χ2v) is 6.89. The van der Waals surface area contributed by atoms with Gasteiger partial charge in [-0.15, -0.1) is 0 Å². The Morgan fingerprint density at radius 3 is 2.76 bits per heavy atom. The van der Waals surface area contributed by atoms with E-state index in [9.17, 15) is 14.9 Å². The quantitative estimate of drug-likeness (QED) is 0.507. The van der Waals surface area contributed by atoms with Crippen LogP contribution < -0.4 is 10.2 Å². The number of H-pyrrole nitrogens is 1. The van der Waals surface area contributed by atoms with Crippen molar-refractivity contribution in [3.8, 4) is 0 Å². The number of morpholine rings is 1. The number of hydrogen-bond acceptors (Lipinski definition) is 6. The Morgan fingerprint density at radius 1 is 1.28 bits per heavy atom. The summed E-state index contributed by atoms with van der Waals surface area (Å²) in [6.07, 6.45) is 0. The Hall–Kier alpha value is -3.46. The normalized spacial score (nSPS) is 15.3. The van der Waals surface area contributed by atoms with Crippen molar-refractivity contribution in [2.45, 2.75) is 13.0 Å². The molecule has 1 aliphatic rings. The number of nitro groups is 1. The van der Waals surface area contributed by atoms with Crippen LogP contribution in [0.3, 0.4) is 0 Å². The number of fused-ring (bicyclic) bond motifs is 1. The lowest BCUT2D eigenvalue weighted by molar-refractivity contribution is -0.384. The molecule has 1 aromatic heterocycles. The number of imidazole rings is 1. The maximum Gasteiger partial charge on any atom is 0.293 e. The molecule has 2 aromatic carbocycles. The Balaban J connectivity index is 1.54. The second-order valence-electron chi connectivity index (χ2n) is 6.89. The van der Waals surface area contributed by atoms with Crippen molar-refractivity contribution in [2.75, 3.05) is 31.2 Å². The summed E-state index contributed by atoms with van der Waals surface area (Å²) in [5.41, 5.74) is 2.34. The molecule has 3 aromatic rings. The molecule has 0 saturated carbocycles. The lowest BCUT2D eigenvalue weighted by Gasteiger charge is -2.28. The van der Waals surface area contributed by atoms with E-state index in [4.69, 9.17) is 4.74 Å². The van der Waals surface area contributed by atoms with Crippen LogP contribution in [0.1, 0.15) is 29.1 Å². The van der Waals surface area contributed by atoms with Crippen LogP contribution in [0.4, 0.5) is 11.4 Å². The molecule has 9 nitrogen and oxygen atoms in total. The first kappa shape index (κ1) is 18.9. The number of benzene rings is 2. The fourth-order valence-electron chi connectivity index (χ4n) is 3.41. The lowest BCUT2D eigenvalue weighted by Crippen LogP contribution is -2.36. The number of carbonyl (C=O) groups excluding carboxylic acids is 1. The van der Waals surface area contributed by atoms with Gasteiger partial charge in [0.15, 0.2) is 0 Å². The van der Waals surface area contributed by atoms with E-state index >= 15 is 0 Å². The minimum absolute atomic E-state index is 0.0871. The maximum absolute atomic E-state index is 12.7. The van der Waals surface area contributed by atoms with E-state index in [-0.39, 0.29) is 17.3 Å². The number of hydrogen-bond donors (Lipinski definition) is 2. The number of anilines is 1. The molecule has 2 heterocycles. The summed E-state index contributed by atoms with van der Waals surface area (Å²) < 4.78 is 5.31. The standard InChI is InChI=1S/C20H21N5O4/c1-13(19-22-15-4-2-3-5-16(15)23-19)21-20(26)14-6-7-17(18(12-14)25(27)28)24-8-10-29-11-9-24/h2-7,12-13H,8-11H2,1H3,(H,21,26)(H,22,23)/t13-/m0/s1. The predicted molar refractivity (Wildman–Crippen MR) is 108 cm³/mol. The van der Waals surface area contributed by atoms with Crippen molar-refractivity contribution < 1.29 is 14.5 Å². The molecule has 2 N–H and O–H groups in total. The van der Waals surface area contributed by atoms with E-state index in [1.807, 2.05) is 36.1 Å². The van der Waals surface area contributed by atoms with Crippen LogP contribution in [-0.2, 0) is 4.74 Å². The van der Waals surface area contributed by atoms with E-state index in [1.54, 1.807) is 12.1 Å². The summed E-state index contributed by atoms with van der Waals surface area (Å²) in [6, 6.07) is 11.8. The van der Waals surface area contributed by atoms with Gasteiger partial charge in [0.25, 0.3) is 11.6 Å². The molecule has 1 amide bonds. The number of nitro benzene ring substituents is 1. The third kappa shape index (κ3) is 3.90. The first-order chi connectivity index (χ1) is 14.0. The molecule has 1 aliphatic heterocycles. The Morgan fingerprint density at radius 2 is 2.03 bits per heavy atom. The van der Waals surface area contributed by atoms with Crippen molar-refractivity contribution >= 4 is 28.3 Å². The van der Waals surface area contributed by atoms with Gasteiger partial charge in [0.05, 0.1) is 35.2 Å². The fraction of sp³-hybridized carbons (Fsp3) is 0.300. The highest BCUT2D eigenvalue weighted by molar-refractivity contribution is 5.96. The van der Waals surface area contributed by atoms with Crippen LogP contribution in [0, 0.1) is 10.1 Å². The zero-order valence-electron chi connectivity index (χ0n) is 15.9. The molecule has 150 valence electrons. The first-order valence-electron chi connectivity index (χ1n) is 9.39. The highest BCUT2D eigenvalue weighted by atomic mass is 16.6. The van der Waals surface area contributed by atoms with Gasteiger partial charge in [0, 0.05) is 24.7 Å². The molecule has 1 fully saturated rings. The predicted octanol–water partition coefficient (Wildman–Crippen LogP) is 2.80. The number of carbonyl (C=O) groups is 1. The van der Waals surface area contributed by atoms with Crippen LogP contribution in [0.5, 0.6) is 0 Å². The molecule has 0 aliphatic carbocycles. The average Bonchev–Trinajstić information content (AvgIpc) is 3.18. The van der Waals surface area contributed by atoms with Gasteiger partial charge >= 0.3 is 0 Å². The topological polar surface area (TPSA) is 113 Å². The van der Waals surface area contributed by atoms with Gasteiger partial charge in [-0.25, -0.2) is 4.98 Å². The van der Waals surface area contributed by atoms with E-state index in [0.29, 0.717) is 37.8 Å². The average molecular weight is 395 g/mol. The Labute approximate surface area is 166 Å². The molecule has 29 heavy (non-hydrogen) atoms. The summed E-state index contributed by atoms with van der Waals surface area (Å²) >= 11 is 0.